The van der Waals surface area contributed by atoms with Gasteiger partial charge >= 0.3 is 6.18 Å². The van der Waals surface area contributed by atoms with Gasteiger partial charge in [-0.15, -0.1) is 0 Å². The molecule has 0 saturated carbocycles. The number of benzene rings is 1. The van der Waals surface area contributed by atoms with E-state index in [1.165, 1.54) is 0 Å². The van der Waals surface area contributed by atoms with Gasteiger partial charge in [-0.1, -0.05) is 24.3 Å². The third kappa shape index (κ3) is 3.80. The number of rotatable bonds is 3. The van der Waals surface area contributed by atoms with Gasteiger partial charge in [0.1, 0.15) is 11.3 Å². The van der Waals surface area contributed by atoms with Crippen molar-refractivity contribution in [2.75, 3.05) is 0 Å². The van der Waals surface area contributed by atoms with E-state index in [2.05, 4.69) is 5.32 Å². The van der Waals surface area contributed by atoms with Crippen molar-refractivity contribution in [1.82, 2.24) is 10.3 Å². The Kier molecular flexibility index (Phi) is 4.58. The predicted molar refractivity (Wildman–Crippen MR) is 79.1 cm³/mol. The van der Waals surface area contributed by atoms with E-state index in [0.29, 0.717) is 6.07 Å². The quantitative estimate of drug-likeness (QED) is 0.911. The first kappa shape index (κ1) is 16.8. The fourth-order valence-corrected chi connectivity index (χ4v) is 2.24. The van der Waals surface area contributed by atoms with Gasteiger partial charge in [0.2, 0.25) is 0 Å². The molecule has 0 aliphatic rings. The largest absolute Gasteiger partial charge is 0.431 e. The zero-order valence-corrected chi connectivity index (χ0v) is 12.5. The number of aryl methyl sites for hydroxylation is 1. The van der Waals surface area contributed by atoms with Crippen LogP contribution in [0.4, 0.5) is 13.2 Å². The number of carbonyl (C=O) groups excluding carboxylic acids is 1. The molecule has 0 aliphatic carbocycles. The highest BCUT2D eigenvalue weighted by Crippen LogP contribution is 2.26. The molecule has 1 amide bonds. The lowest BCUT2D eigenvalue weighted by Crippen LogP contribution is -2.32. The molecule has 2 rings (SSSR count). The molecule has 0 bridgehead atoms. The number of amides is 1. The number of carbonyl (C=O) groups is 1. The van der Waals surface area contributed by atoms with Crippen LogP contribution < -0.4 is 10.9 Å². The fraction of sp³-hybridized carbons (Fsp3) is 0.250. The zero-order valence-electron chi connectivity index (χ0n) is 12.5. The highest BCUT2D eigenvalue weighted by atomic mass is 19.4. The van der Waals surface area contributed by atoms with E-state index in [1.54, 1.807) is 11.9 Å². The van der Waals surface area contributed by atoms with Gasteiger partial charge in [-0.25, -0.2) is 0 Å². The Hall–Kier alpha value is -2.57. The van der Waals surface area contributed by atoms with Crippen molar-refractivity contribution in [3.05, 3.63) is 69.1 Å². The van der Waals surface area contributed by atoms with Crippen LogP contribution in [0.2, 0.25) is 0 Å². The molecule has 1 heterocycles. The van der Waals surface area contributed by atoms with Crippen molar-refractivity contribution in [2.24, 2.45) is 0 Å². The molecule has 23 heavy (non-hydrogen) atoms. The zero-order chi connectivity index (χ0) is 17.2. The Balaban J connectivity index is 2.22. The molecule has 7 heteroatoms. The first-order chi connectivity index (χ1) is 10.7. The number of alkyl halides is 3. The highest BCUT2D eigenvalue weighted by Gasteiger charge is 2.32. The van der Waals surface area contributed by atoms with Gasteiger partial charge in [0.25, 0.3) is 11.5 Å². The number of hydrogen-bond acceptors (Lipinski definition) is 2. The third-order valence-electron chi connectivity index (χ3n) is 3.46. The Bertz CT molecular complexity index is 781. The SMILES string of the molecule is Cc1ccccc1[C@@H](C)NC(=O)c1ccc(C(F)(F)F)[nH]c1=O. The normalized spacial score (nSPS) is 12.7. The number of H-pyrrole nitrogens is 1. The lowest BCUT2D eigenvalue weighted by molar-refractivity contribution is -0.141. The number of hydrogen-bond donors (Lipinski definition) is 2. The topological polar surface area (TPSA) is 62.0 Å². The van der Waals surface area contributed by atoms with Crippen LogP contribution in [0.3, 0.4) is 0 Å². The van der Waals surface area contributed by atoms with Crippen LogP contribution in [0.5, 0.6) is 0 Å². The van der Waals surface area contributed by atoms with E-state index in [0.717, 1.165) is 17.2 Å². The van der Waals surface area contributed by atoms with E-state index in [4.69, 9.17) is 0 Å². The summed E-state index contributed by atoms with van der Waals surface area (Å²) in [5, 5.41) is 2.61. The molecule has 122 valence electrons. The molecule has 0 saturated heterocycles. The molecule has 2 aromatic rings. The van der Waals surface area contributed by atoms with Gasteiger partial charge in [-0.3, -0.25) is 9.59 Å². The molecular weight excluding hydrogens is 309 g/mol. The lowest BCUT2D eigenvalue weighted by Gasteiger charge is -2.16. The van der Waals surface area contributed by atoms with Crippen molar-refractivity contribution < 1.29 is 18.0 Å². The van der Waals surface area contributed by atoms with Crippen LogP contribution in [0.1, 0.15) is 40.1 Å². The second-order valence-corrected chi connectivity index (χ2v) is 5.16. The molecule has 4 nitrogen and oxygen atoms in total. The monoisotopic (exact) mass is 324 g/mol. The van der Waals surface area contributed by atoms with Crippen LogP contribution >= 0.6 is 0 Å². The minimum absolute atomic E-state index is 0.363. The summed E-state index contributed by atoms with van der Waals surface area (Å²) in [6, 6.07) is 8.55. The van der Waals surface area contributed by atoms with Gasteiger partial charge in [0, 0.05) is 0 Å². The van der Waals surface area contributed by atoms with E-state index in [9.17, 15) is 22.8 Å². The average molecular weight is 324 g/mol. The van der Waals surface area contributed by atoms with Crippen LogP contribution in [-0.4, -0.2) is 10.9 Å². The fourth-order valence-electron chi connectivity index (χ4n) is 2.24. The van der Waals surface area contributed by atoms with Crippen LogP contribution in [0.25, 0.3) is 0 Å². The molecule has 0 spiro atoms. The molecule has 0 unspecified atom stereocenters. The highest BCUT2D eigenvalue weighted by molar-refractivity contribution is 5.94. The maximum Gasteiger partial charge on any atom is 0.431 e. The number of aromatic nitrogens is 1. The first-order valence-electron chi connectivity index (χ1n) is 6.87. The van der Waals surface area contributed by atoms with E-state index >= 15 is 0 Å². The molecule has 0 aliphatic heterocycles. The number of nitrogens with one attached hydrogen (secondary N) is 2. The molecule has 2 N–H and O–H groups in total. The molecule has 1 aromatic heterocycles. The summed E-state index contributed by atoms with van der Waals surface area (Å²) in [6.07, 6.45) is -4.66. The maximum absolute atomic E-state index is 12.5. The van der Waals surface area contributed by atoms with Crippen molar-refractivity contribution in [2.45, 2.75) is 26.1 Å². The summed E-state index contributed by atoms with van der Waals surface area (Å²) in [6.45, 7) is 3.61. The molecule has 0 radical (unpaired) electrons. The van der Waals surface area contributed by atoms with E-state index < -0.39 is 23.3 Å². The van der Waals surface area contributed by atoms with E-state index in [-0.39, 0.29) is 11.6 Å². The summed E-state index contributed by atoms with van der Waals surface area (Å²) >= 11 is 0. The summed E-state index contributed by atoms with van der Waals surface area (Å²) in [5.41, 5.74) is -0.801. The molecule has 1 aromatic carbocycles. The van der Waals surface area contributed by atoms with Crippen molar-refractivity contribution in [1.29, 1.82) is 0 Å². The van der Waals surface area contributed by atoms with Crippen molar-refractivity contribution >= 4 is 5.91 Å². The van der Waals surface area contributed by atoms with Crippen molar-refractivity contribution in [3.63, 3.8) is 0 Å². The second kappa shape index (κ2) is 6.28. The Morgan fingerprint density at radius 3 is 2.39 bits per heavy atom. The van der Waals surface area contributed by atoms with Crippen molar-refractivity contribution in [3.8, 4) is 0 Å². The molecule has 0 fully saturated rings. The molecular formula is C16H15F3N2O2. The summed E-state index contributed by atoms with van der Waals surface area (Å²) in [4.78, 5) is 25.5. The van der Waals surface area contributed by atoms with Crippen LogP contribution in [0.15, 0.2) is 41.2 Å². The smallest absolute Gasteiger partial charge is 0.345 e. The van der Waals surface area contributed by atoms with Crippen LogP contribution in [0, 0.1) is 6.92 Å². The number of pyridine rings is 1. The minimum atomic E-state index is -4.66. The average Bonchev–Trinajstić information content (AvgIpc) is 2.46. The van der Waals surface area contributed by atoms with Gasteiger partial charge in [-0.05, 0) is 37.1 Å². The number of halogens is 3. The van der Waals surface area contributed by atoms with Gasteiger partial charge in [-0.2, -0.15) is 13.2 Å². The maximum atomic E-state index is 12.5. The summed E-state index contributed by atoms with van der Waals surface area (Å²) < 4.78 is 37.5. The first-order valence-corrected chi connectivity index (χ1v) is 6.87. The Morgan fingerprint density at radius 2 is 1.83 bits per heavy atom. The Labute approximate surface area is 130 Å². The minimum Gasteiger partial charge on any atom is -0.345 e. The van der Waals surface area contributed by atoms with Crippen LogP contribution in [-0.2, 0) is 6.18 Å². The Morgan fingerprint density at radius 1 is 1.17 bits per heavy atom. The van der Waals surface area contributed by atoms with Gasteiger partial charge < -0.3 is 10.3 Å². The summed E-state index contributed by atoms with van der Waals surface area (Å²) in [7, 11) is 0. The lowest BCUT2D eigenvalue weighted by atomic mass is 10.0. The standard InChI is InChI=1S/C16H15F3N2O2/c1-9-5-3-4-6-11(9)10(2)20-14(22)12-7-8-13(16(17,18)19)21-15(12)23/h3-8,10H,1-2H3,(H,20,22)(H,21,23)/t10-/m1/s1. The van der Waals surface area contributed by atoms with E-state index in [1.807, 2.05) is 31.2 Å². The molecule has 1 atom stereocenters. The number of aromatic amines is 1. The third-order valence-corrected chi connectivity index (χ3v) is 3.46. The summed E-state index contributed by atoms with van der Waals surface area (Å²) in [5.74, 6) is -0.726. The second-order valence-electron chi connectivity index (χ2n) is 5.16. The van der Waals surface area contributed by atoms with Gasteiger partial charge in [0.05, 0.1) is 6.04 Å². The van der Waals surface area contributed by atoms with Gasteiger partial charge in [0.15, 0.2) is 0 Å². The predicted octanol–water partition coefficient (Wildman–Crippen LogP) is 3.19.